The molecule has 1 aromatic heterocycles. The minimum atomic E-state index is -0.999. The maximum Gasteiger partial charge on any atom is 0.326 e. The van der Waals surface area contributed by atoms with Crippen molar-refractivity contribution in [1.82, 2.24) is 9.88 Å². The van der Waals surface area contributed by atoms with Gasteiger partial charge in [0.15, 0.2) is 5.78 Å². The number of hydrogen-bond acceptors (Lipinski definition) is 4. The number of aromatic nitrogens is 1. The Morgan fingerprint density at radius 3 is 2.68 bits per heavy atom. The number of fused-ring (bicyclic) bond motifs is 3. The summed E-state index contributed by atoms with van der Waals surface area (Å²) in [4.78, 5) is 24.4. The fraction of sp³-hybridized carbons (Fsp3) is 0.243. The average molecular weight is 595 g/mol. The topological polar surface area (TPSA) is 80.6 Å². The molecule has 1 unspecified atom stereocenters. The number of carbonyl (C=O) groups excluding carboxylic acids is 1. The molecule has 2 aliphatic carbocycles. The van der Waals surface area contributed by atoms with Gasteiger partial charge < -0.3 is 19.7 Å². The molecule has 6 nitrogen and oxygen atoms in total. The Balaban J connectivity index is 1.35. The van der Waals surface area contributed by atoms with Gasteiger partial charge in [0, 0.05) is 52.4 Å². The van der Waals surface area contributed by atoms with Crippen LogP contribution in [0.25, 0.3) is 18.2 Å². The highest BCUT2D eigenvalue weighted by molar-refractivity contribution is 5.98. The van der Waals surface area contributed by atoms with Crippen LogP contribution in [0.2, 0.25) is 0 Å². The van der Waals surface area contributed by atoms with Gasteiger partial charge in [0.05, 0.1) is 6.54 Å². The van der Waals surface area contributed by atoms with Gasteiger partial charge >= 0.3 is 5.97 Å². The van der Waals surface area contributed by atoms with Crippen molar-refractivity contribution in [2.45, 2.75) is 52.1 Å². The van der Waals surface area contributed by atoms with E-state index in [1.54, 1.807) is 26.0 Å². The Labute approximate surface area is 257 Å². The van der Waals surface area contributed by atoms with E-state index < -0.39 is 17.8 Å². The molecule has 0 amide bonds. The van der Waals surface area contributed by atoms with Gasteiger partial charge in [-0.25, -0.2) is 9.18 Å². The molecule has 0 aliphatic heterocycles. The number of aliphatic carboxylic acids is 1. The van der Waals surface area contributed by atoms with Crippen molar-refractivity contribution < 1.29 is 23.8 Å². The largest absolute Gasteiger partial charge is 0.492 e. The lowest BCUT2D eigenvalue weighted by Crippen LogP contribution is -2.37. The van der Waals surface area contributed by atoms with Crippen LogP contribution in [0.5, 0.6) is 5.75 Å². The molecule has 44 heavy (non-hydrogen) atoms. The molecule has 0 saturated heterocycles. The summed E-state index contributed by atoms with van der Waals surface area (Å²) in [5, 5.41) is 15.3. The first-order valence-electron chi connectivity index (χ1n) is 14.8. The molecular formula is C37H39FN2O4. The summed E-state index contributed by atoms with van der Waals surface area (Å²) in [5.41, 5.74) is 4.31. The number of allylic oxidation sites excluding steroid dienone is 12. The molecule has 2 N–H and O–H groups in total. The highest BCUT2D eigenvalue weighted by atomic mass is 19.1. The Bertz CT molecular complexity index is 1700. The minimum Gasteiger partial charge on any atom is -0.492 e. The lowest BCUT2D eigenvalue weighted by atomic mass is 10.0. The summed E-state index contributed by atoms with van der Waals surface area (Å²) in [6.45, 7) is 7.76. The van der Waals surface area contributed by atoms with Crippen LogP contribution in [-0.4, -0.2) is 34.1 Å². The molecule has 0 fully saturated rings. The van der Waals surface area contributed by atoms with Crippen molar-refractivity contribution in [3.63, 3.8) is 0 Å². The van der Waals surface area contributed by atoms with E-state index in [0.29, 0.717) is 30.2 Å². The zero-order valence-corrected chi connectivity index (χ0v) is 25.3. The molecule has 1 atom stereocenters. The Kier molecular flexibility index (Phi) is 11.3. The predicted octanol–water partition coefficient (Wildman–Crippen LogP) is 5.65. The van der Waals surface area contributed by atoms with Crippen LogP contribution in [-0.2, 0) is 29.0 Å². The standard InChI is InChI=1S/C37H39FN2O4/c1-4-29(19-15-26(2)38)36(41)22-16-27(3)39-33(37(42)43)25-28-17-20-30(21-18-28)44-24-23-40-34-13-9-5-7-11-31(34)32-12-8-6-10-14-35(32)40/h4-7,9-12,14-21,33,39H,2,8,13,22-25H2,1,3H3,(H,42,43)/b19-15-,27-16-,29-4+. The summed E-state index contributed by atoms with van der Waals surface area (Å²) in [6.07, 6.45) is 25.1. The fourth-order valence-electron chi connectivity index (χ4n) is 5.26. The van der Waals surface area contributed by atoms with Gasteiger partial charge in [-0.05, 0) is 56.2 Å². The number of ether oxygens (including phenoxy) is 1. The summed E-state index contributed by atoms with van der Waals surface area (Å²) < 4.78 is 21.4. The van der Waals surface area contributed by atoms with Crippen molar-refractivity contribution in [2.75, 3.05) is 6.61 Å². The zero-order valence-electron chi connectivity index (χ0n) is 25.3. The predicted molar refractivity (Wildman–Crippen MR) is 175 cm³/mol. The SMILES string of the molecule is C=C(F)/C=C\C(=C/C)C(=O)C/C=C(/C)NC(Cc1ccc(OCCn2c3c(c4c2=CC=CCC=4)C=CC=CC3)cc1)C(=O)O. The van der Waals surface area contributed by atoms with Gasteiger partial charge in [-0.1, -0.05) is 73.4 Å². The second kappa shape index (κ2) is 15.5. The van der Waals surface area contributed by atoms with Gasteiger partial charge in [-0.3, -0.25) is 4.79 Å². The quantitative estimate of drug-likeness (QED) is 0.218. The molecule has 2 aliphatic rings. The molecular weight excluding hydrogens is 555 g/mol. The number of carboxylic acids is 1. The highest BCUT2D eigenvalue weighted by Crippen LogP contribution is 2.16. The van der Waals surface area contributed by atoms with Crippen molar-refractivity contribution >= 4 is 30.0 Å². The van der Waals surface area contributed by atoms with Crippen LogP contribution in [0.15, 0.2) is 103 Å². The molecule has 228 valence electrons. The number of nitrogens with one attached hydrogen (secondary N) is 1. The average Bonchev–Trinajstić information content (AvgIpc) is 3.24. The third-order valence-corrected chi connectivity index (χ3v) is 7.48. The number of carbonyl (C=O) groups is 2. The lowest BCUT2D eigenvalue weighted by Gasteiger charge is -2.17. The number of rotatable bonds is 14. The van der Waals surface area contributed by atoms with Gasteiger partial charge in [0.2, 0.25) is 0 Å². The van der Waals surface area contributed by atoms with Crippen molar-refractivity contribution in [3.8, 4) is 5.75 Å². The highest BCUT2D eigenvalue weighted by Gasteiger charge is 2.18. The maximum absolute atomic E-state index is 12.9. The molecule has 0 saturated carbocycles. The number of ketones is 1. The van der Waals surface area contributed by atoms with E-state index in [4.69, 9.17) is 4.74 Å². The van der Waals surface area contributed by atoms with Crippen LogP contribution in [0.3, 0.4) is 0 Å². The van der Waals surface area contributed by atoms with Gasteiger partial charge in [-0.15, -0.1) is 0 Å². The first-order chi connectivity index (χ1) is 21.3. The first-order valence-corrected chi connectivity index (χ1v) is 14.8. The van der Waals surface area contributed by atoms with Crippen molar-refractivity contribution in [1.29, 1.82) is 0 Å². The first kappa shape index (κ1) is 32.0. The molecule has 0 radical (unpaired) electrons. The third kappa shape index (κ3) is 8.57. The Morgan fingerprint density at radius 1 is 1.16 bits per heavy atom. The van der Waals surface area contributed by atoms with Crippen LogP contribution in [0.4, 0.5) is 4.39 Å². The third-order valence-electron chi connectivity index (χ3n) is 7.48. The fourth-order valence-corrected chi connectivity index (χ4v) is 5.26. The number of benzene rings is 1. The molecule has 4 rings (SSSR count). The molecule has 2 aromatic rings. The van der Waals surface area contributed by atoms with E-state index in [-0.39, 0.29) is 18.6 Å². The van der Waals surface area contributed by atoms with Crippen LogP contribution >= 0.6 is 0 Å². The normalized spacial score (nSPS) is 15.0. The molecule has 0 spiro atoms. The lowest BCUT2D eigenvalue weighted by molar-refractivity contribution is -0.139. The second-order valence-corrected chi connectivity index (χ2v) is 10.6. The molecule has 1 heterocycles. The molecule has 1 aromatic carbocycles. The van der Waals surface area contributed by atoms with Gasteiger partial charge in [-0.2, -0.15) is 0 Å². The number of hydrogen-bond donors (Lipinski definition) is 2. The van der Waals surface area contributed by atoms with Crippen LogP contribution in [0.1, 0.15) is 43.5 Å². The second-order valence-electron chi connectivity index (χ2n) is 10.6. The van der Waals surface area contributed by atoms with Gasteiger partial charge in [0.1, 0.15) is 24.2 Å². The maximum atomic E-state index is 12.9. The Hall–Kier alpha value is -4.91. The van der Waals surface area contributed by atoms with E-state index in [1.165, 1.54) is 27.9 Å². The number of halogens is 1. The van der Waals surface area contributed by atoms with E-state index in [1.807, 2.05) is 24.3 Å². The van der Waals surface area contributed by atoms with E-state index in [9.17, 15) is 19.1 Å². The smallest absolute Gasteiger partial charge is 0.326 e. The Morgan fingerprint density at radius 2 is 1.95 bits per heavy atom. The van der Waals surface area contributed by atoms with Crippen LogP contribution < -0.4 is 20.6 Å². The summed E-state index contributed by atoms with van der Waals surface area (Å²) in [5.74, 6) is -1.13. The molecule has 7 heteroatoms. The summed E-state index contributed by atoms with van der Waals surface area (Å²) in [7, 11) is 0. The minimum absolute atomic E-state index is 0.0506. The summed E-state index contributed by atoms with van der Waals surface area (Å²) >= 11 is 0. The van der Waals surface area contributed by atoms with Crippen LogP contribution in [0, 0.1) is 0 Å². The molecule has 0 bridgehead atoms. The van der Waals surface area contributed by atoms with Crippen molar-refractivity contribution in [3.05, 3.63) is 130 Å². The van der Waals surface area contributed by atoms with Gasteiger partial charge in [0.25, 0.3) is 0 Å². The monoisotopic (exact) mass is 594 g/mol. The zero-order chi connectivity index (χ0) is 31.5. The van der Waals surface area contributed by atoms with E-state index >= 15 is 0 Å². The van der Waals surface area contributed by atoms with Crippen molar-refractivity contribution in [2.24, 2.45) is 0 Å². The number of carboxylic acid groups (broad SMARTS) is 1. The van der Waals surface area contributed by atoms with E-state index in [0.717, 1.165) is 24.5 Å². The summed E-state index contributed by atoms with van der Waals surface area (Å²) in [6, 6.07) is 6.58. The number of Topliss-reactive ketones (excluding diaryl/α,β-unsaturated/α-hetero) is 1. The van der Waals surface area contributed by atoms with E-state index in [2.05, 4.69) is 65.1 Å². The number of nitrogens with zero attached hydrogens (tertiary/aromatic N) is 1.